The Bertz CT molecular complexity index is 806. The predicted octanol–water partition coefficient (Wildman–Crippen LogP) is 4.16. The van der Waals surface area contributed by atoms with Crippen LogP contribution in [0.4, 0.5) is 18.9 Å². The molecule has 7 heteroatoms. The summed E-state index contributed by atoms with van der Waals surface area (Å²) in [4.78, 5) is 11.8. The fourth-order valence-corrected chi connectivity index (χ4v) is 2.03. The van der Waals surface area contributed by atoms with Gasteiger partial charge >= 0.3 is 0 Å². The van der Waals surface area contributed by atoms with Crippen LogP contribution in [-0.4, -0.2) is 19.6 Å². The second kappa shape index (κ2) is 8.23. The van der Waals surface area contributed by atoms with Crippen molar-refractivity contribution < 1.29 is 27.4 Å². The summed E-state index contributed by atoms with van der Waals surface area (Å²) in [5.41, 5.74) is 0.194. The highest BCUT2D eigenvalue weighted by atomic mass is 19.2. The molecule has 0 atom stereocenters. The van der Waals surface area contributed by atoms with E-state index in [0.29, 0.717) is 35.8 Å². The van der Waals surface area contributed by atoms with Crippen molar-refractivity contribution in [3.63, 3.8) is 0 Å². The summed E-state index contributed by atoms with van der Waals surface area (Å²) in [7, 11) is 1.49. The van der Waals surface area contributed by atoms with E-state index in [1.165, 1.54) is 13.2 Å². The van der Waals surface area contributed by atoms with Gasteiger partial charge in [0.1, 0.15) is 5.82 Å². The Morgan fingerprint density at radius 2 is 1.80 bits per heavy atom. The first-order chi connectivity index (χ1) is 11.9. The van der Waals surface area contributed by atoms with Gasteiger partial charge < -0.3 is 14.8 Å². The molecule has 1 N–H and O–H groups in total. The molecule has 0 radical (unpaired) electrons. The Labute approximate surface area is 142 Å². The number of carbonyl (C=O) groups excluding carboxylic acids is 1. The number of hydrogen-bond donors (Lipinski definition) is 1. The van der Waals surface area contributed by atoms with Crippen molar-refractivity contribution in [3.05, 3.63) is 59.4 Å². The lowest BCUT2D eigenvalue weighted by Gasteiger charge is -2.09. The van der Waals surface area contributed by atoms with Crippen LogP contribution in [0.1, 0.15) is 12.5 Å². The largest absolute Gasteiger partial charge is 0.493 e. The number of benzene rings is 2. The molecule has 0 aliphatic rings. The molecule has 0 unspecified atom stereocenters. The van der Waals surface area contributed by atoms with Crippen molar-refractivity contribution in [3.8, 4) is 11.5 Å². The Morgan fingerprint density at radius 3 is 2.48 bits per heavy atom. The number of hydrogen-bond acceptors (Lipinski definition) is 3. The molecule has 1 amide bonds. The molecule has 0 heterocycles. The van der Waals surface area contributed by atoms with Crippen LogP contribution in [0.5, 0.6) is 11.5 Å². The van der Waals surface area contributed by atoms with E-state index in [4.69, 9.17) is 9.47 Å². The van der Waals surface area contributed by atoms with Gasteiger partial charge in [-0.05, 0) is 30.7 Å². The molecule has 0 aliphatic heterocycles. The van der Waals surface area contributed by atoms with E-state index in [1.807, 2.05) is 6.92 Å². The summed E-state index contributed by atoms with van der Waals surface area (Å²) in [6, 6.07) is 6.00. The standard InChI is InChI=1S/C18H16F3NO3/c1-3-25-16-6-4-11(8-17(16)24-2)5-7-18(23)22-15-10-13(20)12(19)9-14(15)21/h4-10H,3H2,1-2H3,(H,22,23)/b7-5+. The lowest BCUT2D eigenvalue weighted by atomic mass is 10.2. The molecule has 0 aromatic heterocycles. The van der Waals surface area contributed by atoms with Crippen LogP contribution in [-0.2, 0) is 4.79 Å². The Morgan fingerprint density at radius 1 is 1.08 bits per heavy atom. The molecule has 0 saturated heterocycles. The maximum absolute atomic E-state index is 13.5. The molecule has 0 spiro atoms. The van der Waals surface area contributed by atoms with E-state index in [-0.39, 0.29) is 0 Å². The van der Waals surface area contributed by atoms with Crippen LogP contribution in [0.2, 0.25) is 0 Å². The van der Waals surface area contributed by atoms with Gasteiger partial charge in [-0.25, -0.2) is 13.2 Å². The lowest BCUT2D eigenvalue weighted by molar-refractivity contribution is -0.111. The van der Waals surface area contributed by atoms with Crippen LogP contribution in [0.3, 0.4) is 0 Å². The third-order valence-electron chi connectivity index (χ3n) is 3.18. The summed E-state index contributed by atoms with van der Waals surface area (Å²) < 4.78 is 50.0. The number of ether oxygens (including phenoxy) is 2. The average Bonchev–Trinajstić information content (AvgIpc) is 2.59. The van der Waals surface area contributed by atoms with Crippen LogP contribution in [0.25, 0.3) is 6.08 Å². The van der Waals surface area contributed by atoms with Crippen molar-refractivity contribution in [2.24, 2.45) is 0 Å². The molecule has 25 heavy (non-hydrogen) atoms. The van der Waals surface area contributed by atoms with Crippen molar-refractivity contribution in [1.29, 1.82) is 0 Å². The van der Waals surface area contributed by atoms with E-state index in [2.05, 4.69) is 5.32 Å². The number of nitrogens with one attached hydrogen (secondary N) is 1. The van der Waals surface area contributed by atoms with Gasteiger partial charge in [0.15, 0.2) is 23.1 Å². The third-order valence-corrected chi connectivity index (χ3v) is 3.18. The molecule has 0 saturated carbocycles. The van der Waals surface area contributed by atoms with Gasteiger partial charge in [0.05, 0.1) is 19.4 Å². The normalized spacial score (nSPS) is 10.8. The van der Waals surface area contributed by atoms with Crippen LogP contribution >= 0.6 is 0 Å². The number of rotatable bonds is 6. The van der Waals surface area contributed by atoms with Crippen LogP contribution in [0, 0.1) is 17.5 Å². The van der Waals surface area contributed by atoms with E-state index >= 15 is 0 Å². The molecule has 0 aliphatic carbocycles. The van der Waals surface area contributed by atoms with Gasteiger partial charge in [0, 0.05) is 18.2 Å². The Balaban J connectivity index is 2.11. The number of methoxy groups -OCH3 is 1. The second-order valence-corrected chi connectivity index (χ2v) is 4.91. The Kier molecular flexibility index (Phi) is 6.05. The molecular weight excluding hydrogens is 335 g/mol. The quantitative estimate of drug-likeness (QED) is 0.628. The molecule has 132 valence electrons. The smallest absolute Gasteiger partial charge is 0.248 e. The van der Waals surface area contributed by atoms with Crippen molar-refractivity contribution in [1.82, 2.24) is 0 Å². The minimum atomic E-state index is -1.33. The zero-order chi connectivity index (χ0) is 18.4. The third kappa shape index (κ3) is 4.76. The molecule has 4 nitrogen and oxygen atoms in total. The van der Waals surface area contributed by atoms with E-state index in [9.17, 15) is 18.0 Å². The maximum atomic E-state index is 13.5. The SMILES string of the molecule is CCOc1ccc(/C=C/C(=O)Nc2cc(F)c(F)cc2F)cc1OC. The molecule has 0 fully saturated rings. The van der Waals surface area contributed by atoms with E-state index < -0.39 is 29.0 Å². The number of amides is 1. The van der Waals surface area contributed by atoms with Gasteiger partial charge in [-0.3, -0.25) is 4.79 Å². The minimum absolute atomic E-state index is 0.367. The van der Waals surface area contributed by atoms with E-state index in [0.717, 1.165) is 6.08 Å². The molecular formula is C18H16F3NO3. The first kappa shape index (κ1) is 18.4. The zero-order valence-electron chi connectivity index (χ0n) is 13.6. The molecule has 2 rings (SSSR count). The van der Waals surface area contributed by atoms with Gasteiger partial charge in [-0.2, -0.15) is 0 Å². The van der Waals surface area contributed by atoms with Gasteiger partial charge in [0.2, 0.25) is 5.91 Å². The summed E-state index contributed by atoms with van der Waals surface area (Å²) in [6.07, 6.45) is 2.60. The fourth-order valence-electron chi connectivity index (χ4n) is 2.03. The summed E-state index contributed by atoms with van der Waals surface area (Å²) in [5, 5.41) is 2.15. The molecule has 2 aromatic carbocycles. The summed E-state index contributed by atoms with van der Waals surface area (Å²) in [5.74, 6) is -3.28. The van der Waals surface area contributed by atoms with Gasteiger partial charge in [-0.15, -0.1) is 0 Å². The second-order valence-electron chi connectivity index (χ2n) is 4.91. The minimum Gasteiger partial charge on any atom is -0.493 e. The maximum Gasteiger partial charge on any atom is 0.248 e. The monoisotopic (exact) mass is 351 g/mol. The topological polar surface area (TPSA) is 47.6 Å². The van der Waals surface area contributed by atoms with Crippen molar-refractivity contribution in [2.45, 2.75) is 6.92 Å². The number of halogens is 3. The number of carbonyl (C=O) groups is 1. The summed E-state index contributed by atoms with van der Waals surface area (Å²) in [6.45, 7) is 2.32. The first-order valence-electron chi connectivity index (χ1n) is 7.39. The van der Waals surface area contributed by atoms with Gasteiger partial charge in [0.25, 0.3) is 0 Å². The predicted molar refractivity (Wildman–Crippen MR) is 88.1 cm³/mol. The highest BCUT2D eigenvalue weighted by molar-refractivity contribution is 6.02. The first-order valence-corrected chi connectivity index (χ1v) is 7.39. The fraction of sp³-hybridized carbons (Fsp3) is 0.167. The lowest BCUT2D eigenvalue weighted by Crippen LogP contribution is -2.10. The van der Waals surface area contributed by atoms with Crippen LogP contribution < -0.4 is 14.8 Å². The van der Waals surface area contributed by atoms with Gasteiger partial charge in [-0.1, -0.05) is 6.07 Å². The zero-order valence-corrected chi connectivity index (χ0v) is 13.6. The number of anilines is 1. The highest BCUT2D eigenvalue weighted by Crippen LogP contribution is 2.28. The van der Waals surface area contributed by atoms with E-state index in [1.54, 1.807) is 18.2 Å². The summed E-state index contributed by atoms with van der Waals surface area (Å²) >= 11 is 0. The Hall–Kier alpha value is -2.96. The van der Waals surface area contributed by atoms with Crippen LogP contribution in [0.15, 0.2) is 36.4 Å². The average molecular weight is 351 g/mol. The highest BCUT2D eigenvalue weighted by Gasteiger charge is 2.11. The van der Waals surface area contributed by atoms with Crippen molar-refractivity contribution >= 4 is 17.7 Å². The molecule has 0 bridgehead atoms. The van der Waals surface area contributed by atoms with Crippen molar-refractivity contribution in [2.75, 3.05) is 19.0 Å². The molecule has 2 aromatic rings.